The highest BCUT2D eigenvalue weighted by Gasteiger charge is 2.26. The van der Waals surface area contributed by atoms with E-state index in [0.717, 1.165) is 27.2 Å². The minimum Gasteiger partial charge on any atom is -0.496 e. The zero-order chi connectivity index (χ0) is 13.2. The Hall–Kier alpha value is -1.20. The highest BCUT2D eigenvalue weighted by atomic mass is 35.5. The topological polar surface area (TPSA) is 39.9 Å². The Morgan fingerprint density at radius 1 is 1.47 bits per heavy atom. The molecule has 0 bridgehead atoms. The van der Waals surface area contributed by atoms with E-state index in [-0.39, 0.29) is 0 Å². The lowest BCUT2D eigenvalue weighted by molar-refractivity contribution is 0.411. The molecule has 1 fully saturated rings. The Balaban J connectivity index is 1.74. The third-order valence-electron chi connectivity index (χ3n) is 3.08. The van der Waals surface area contributed by atoms with Gasteiger partial charge in [-0.3, -0.25) is 0 Å². The van der Waals surface area contributed by atoms with Crippen LogP contribution in [0.1, 0.15) is 24.4 Å². The van der Waals surface area contributed by atoms with E-state index in [1.165, 1.54) is 12.8 Å². The van der Waals surface area contributed by atoms with Crippen LogP contribution in [-0.4, -0.2) is 21.9 Å². The molecular weight excluding hydrogens is 282 g/mol. The van der Waals surface area contributed by atoms with Crippen molar-refractivity contribution in [3.05, 3.63) is 35.1 Å². The molecule has 1 aliphatic carbocycles. The van der Waals surface area contributed by atoms with Crippen molar-refractivity contribution in [3.8, 4) is 5.75 Å². The highest BCUT2D eigenvalue weighted by molar-refractivity contribution is 7.98. The monoisotopic (exact) mass is 295 g/mol. The quantitative estimate of drug-likeness (QED) is 0.791. The molecule has 0 radical (unpaired) electrons. The van der Waals surface area contributed by atoms with Crippen LogP contribution in [0, 0.1) is 0 Å². The molecule has 1 aromatic heterocycles. The molecule has 1 aromatic carbocycles. The Morgan fingerprint density at radius 2 is 2.32 bits per heavy atom. The number of hydrogen-bond acceptors (Lipinski definition) is 4. The molecule has 0 aliphatic heterocycles. The van der Waals surface area contributed by atoms with Gasteiger partial charge in [0.2, 0.25) is 0 Å². The summed E-state index contributed by atoms with van der Waals surface area (Å²) >= 11 is 7.69. The van der Waals surface area contributed by atoms with E-state index < -0.39 is 0 Å². The van der Waals surface area contributed by atoms with E-state index in [4.69, 9.17) is 16.3 Å². The van der Waals surface area contributed by atoms with Gasteiger partial charge in [-0.15, -0.1) is 10.2 Å². The van der Waals surface area contributed by atoms with Gasteiger partial charge in [0, 0.05) is 22.4 Å². The molecule has 100 valence electrons. The van der Waals surface area contributed by atoms with Crippen LogP contribution in [0.5, 0.6) is 5.75 Å². The van der Waals surface area contributed by atoms with Gasteiger partial charge in [0.05, 0.1) is 7.11 Å². The first kappa shape index (κ1) is 12.8. The van der Waals surface area contributed by atoms with Crippen molar-refractivity contribution in [1.82, 2.24) is 14.8 Å². The molecule has 0 spiro atoms. The second-order valence-corrected chi connectivity index (χ2v) is 5.88. The first-order valence-corrected chi connectivity index (χ1v) is 7.49. The van der Waals surface area contributed by atoms with Gasteiger partial charge in [0.1, 0.15) is 12.1 Å². The number of hydrogen-bond donors (Lipinski definition) is 0. The average molecular weight is 296 g/mol. The van der Waals surface area contributed by atoms with Gasteiger partial charge >= 0.3 is 0 Å². The lowest BCUT2D eigenvalue weighted by Crippen LogP contribution is -1.96. The number of benzene rings is 1. The molecule has 19 heavy (non-hydrogen) atoms. The van der Waals surface area contributed by atoms with E-state index in [1.54, 1.807) is 18.9 Å². The molecule has 6 heteroatoms. The third kappa shape index (κ3) is 2.87. The van der Waals surface area contributed by atoms with Gasteiger partial charge in [-0.25, -0.2) is 0 Å². The number of methoxy groups -OCH3 is 1. The average Bonchev–Trinajstić information content (AvgIpc) is 3.15. The largest absolute Gasteiger partial charge is 0.496 e. The zero-order valence-corrected chi connectivity index (χ0v) is 12.1. The van der Waals surface area contributed by atoms with Gasteiger partial charge in [0.25, 0.3) is 0 Å². The fourth-order valence-corrected chi connectivity index (χ4v) is 3.10. The van der Waals surface area contributed by atoms with E-state index >= 15 is 0 Å². The summed E-state index contributed by atoms with van der Waals surface area (Å²) in [7, 11) is 1.67. The lowest BCUT2D eigenvalue weighted by Gasteiger charge is -2.09. The van der Waals surface area contributed by atoms with Crippen LogP contribution in [0.4, 0.5) is 0 Å². The summed E-state index contributed by atoms with van der Waals surface area (Å²) in [5, 5.41) is 9.85. The molecule has 3 rings (SSSR count). The molecule has 1 saturated carbocycles. The molecule has 0 amide bonds. The molecule has 1 heterocycles. The van der Waals surface area contributed by atoms with Gasteiger partial charge in [0.15, 0.2) is 5.16 Å². The molecule has 0 atom stereocenters. The maximum atomic E-state index is 6.03. The van der Waals surface area contributed by atoms with Crippen LogP contribution in [-0.2, 0) is 5.75 Å². The van der Waals surface area contributed by atoms with Gasteiger partial charge in [-0.2, -0.15) is 0 Å². The van der Waals surface area contributed by atoms with Gasteiger partial charge in [-0.05, 0) is 31.0 Å². The van der Waals surface area contributed by atoms with E-state index in [2.05, 4.69) is 14.8 Å². The Bertz CT molecular complexity index is 583. The van der Waals surface area contributed by atoms with Crippen molar-refractivity contribution < 1.29 is 4.74 Å². The molecule has 4 nitrogen and oxygen atoms in total. The number of rotatable bonds is 5. The number of thioether (sulfide) groups is 1. The normalized spacial score (nSPS) is 14.6. The van der Waals surface area contributed by atoms with Crippen LogP contribution in [0.25, 0.3) is 0 Å². The van der Waals surface area contributed by atoms with Crippen molar-refractivity contribution in [2.75, 3.05) is 7.11 Å². The number of halogens is 1. The Morgan fingerprint density at radius 3 is 3.05 bits per heavy atom. The van der Waals surface area contributed by atoms with Gasteiger partial charge in [-0.1, -0.05) is 23.4 Å². The molecule has 2 aromatic rings. The minimum absolute atomic E-state index is 0.596. The summed E-state index contributed by atoms with van der Waals surface area (Å²) in [5.41, 5.74) is 1.07. The summed E-state index contributed by atoms with van der Waals surface area (Å²) in [4.78, 5) is 0. The van der Waals surface area contributed by atoms with Crippen molar-refractivity contribution in [3.63, 3.8) is 0 Å². The zero-order valence-electron chi connectivity index (χ0n) is 10.5. The van der Waals surface area contributed by atoms with E-state index in [1.807, 2.05) is 24.5 Å². The predicted molar refractivity (Wildman–Crippen MR) is 75.9 cm³/mol. The van der Waals surface area contributed by atoms with E-state index in [0.29, 0.717) is 6.04 Å². The van der Waals surface area contributed by atoms with Crippen LogP contribution in [0.3, 0.4) is 0 Å². The second kappa shape index (κ2) is 5.43. The van der Waals surface area contributed by atoms with Crippen LogP contribution < -0.4 is 4.74 Å². The Kier molecular flexibility index (Phi) is 3.66. The van der Waals surface area contributed by atoms with Crippen LogP contribution >= 0.6 is 23.4 Å². The summed E-state index contributed by atoms with van der Waals surface area (Å²) in [6, 6.07) is 6.26. The molecule has 0 N–H and O–H groups in total. The summed E-state index contributed by atoms with van der Waals surface area (Å²) in [5.74, 6) is 1.63. The summed E-state index contributed by atoms with van der Waals surface area (Å²) < 4.78 is 7.50. The molecule has 0 saturated heterocycles. The lowest BCUT2D eigenvalue weighted by atomic mass is 10.2. The second-order valence-electron chi connectivity index (χ2n) is 4.50. The first-order valence-electron chi connectivity index (χ1n) is 6.12. The number of ether oxygens (including phenoxy) is 1. The minimum atomic E-state index is 0.596. The SMILES string of the molecule is COc1ccc(Cl)cc1CSc1nncn1C1CC1. The third-order valence-corrected chi connectivity index (χ3v) is 4.32. The predicted octanol–water partition coefficient (Wildman–Crippen LogP) is 3.57. The fourth-order valence-electron chi connectivity index (χ4n) is 1.94. The summed E-state index contributed by atoms with van der Waals surface area (Å²) in [6.07, 6.45) is 4.27. The molecule has 1 aliphatic rings. The Labute approximate surface area is 121 Å². The highest BCUT2D eigenvalue weighted by Crippen LogP contribution is 2.38. The molecular formula is C13H14ClN3OS. The summed E-state index contributed by atoms with van der Waals surface area (Å²) in [6.45, 7) is 0. The number of aromatic nitrogens is 3. The smallest absolute Gasteiger partial charge is 0.191 e. The van der Waals surface area contributed by atoms with Crippen LogP contribution in [0.2, 0.25) is 5.02 Å². The van der Waals surface area contributed by atoms with Crippen molar-refractivity contribution in [2.45, 2.75) is 29.8 Å². The maximum Gasteiger partial charge on any atom is 0.191 e. The maximum absolute atomic E-state index is 6.03. The fraction of sp³-hybridized carbons (Fsp3) is 0.385. The standard InChI is InChI=1S/C13H14ClN3OS/c1-18-12-5-2-10(14)6-9(12)7-19-13-16-15-8-17(13)11-3-4-11/h2,5-6,8,11H,3-4,7H2,1H3. The number of nitrogens with zero attached hydrogens (tertiary/aromatic N) is 3. The van der Waals surface area contributed by atoms with Crippen molar-refractivity contribution in [2.24, 2.45) is 0 Å². The van der Waals surface area contributed by atoms with Crippen molar-refractivity contribution >= 4 is 23.4 Å². The van der Waals surface area contributed by atoms with Crippen LogP contribution in [0.15, 0.2) is 29.7 Å². The first-order chi connectivity index (χ1) is 9.28. The molecule has 0 unspecified atom stereocenters. The van der Waals surface area contributed by atoms with E-state index in [9.17, 15) is 0 Å². The van der Waals surface area contributed by atoms with Gasteiger partial charge < -0.3 is 9.30 Å². The van der Waals surface area contributed by atoms with Crippen molar-refractivity contribution in [1.29, 1.82) is 0 Å².